The van der Waals surface area contributed by atoms with Crippen LogP contribution in [0.3, 0.4) is 0 Å². The first kappa shape index (κ1) is 28.6. The minimum absolute atomic E-state index is 0.0182. The maximum absolute atomic E-state index is 12.9. The molecule has 40 heavy (non-hydrogen) atoms. The smallest absolute Gasteiger partial charge is 0.306 e. The number of carbonyl (C=O) groups is 4. The fourth-order valence-corrected chi connectivity index (χ4v) is 8.71. The standard InChI is InChI=1S/C33H43NO6/c1-32-16-14-24(35)19-23(32)8-9-25-26-10-11-28(33(26,2)17-15-27(25)32)40-31(39)13-12-29(36)34-20-22(18-30(37)38)21-6-4-3-5-7-21/h3-7,19,22,25-28H,8-18,20H2,1-2H3,(H,34,36)(H,37,38)/t22?,25?,26?,27?,28?,32-,33-/m0/s1. The topological polar surface area (TPSA) is 110 Å². The molecule has 0 spiro atoms. The molecule has 0 radical (unpaired) electrons. The van der Waals surface area contributed by atoms with Crippen LogP contribution in [0.2, 0.25) is 0 Å². The van der Waals surface area contributed by atoms with Gasteiger partial charge in [0, 0.05) is 30.7 Å². The lowest BCUT2D eigenvalue weighted by atomic mass is 9.47. The summed E-state index contributed by atoms with van der Waals surface area (Å²) in [7, 11) is 0. The Hall–Kier alpha value is -2.96. The van der Waals surface area contributed by atoms with Crippen LogP contribution < -0.4 is 5.32 Å². The lowest BCUT2D eigenvalue weighted by molar-refractivity contribution is -0.160. The predicted octanol–water partition coefficient (Wildman–Crippen LogP) is 5.59. The van der Waals surface area contributed by atoms with Crippen LogP contribution in [0, 0.1) is 28.6 Å². The number of carbonyl (C=O) groups excluding carboxylic acids is 3. The number of aliphatic carboxylic acids is 1. The summed E-state index contributed by atoms with van der Waals surface area (Å²) in [6.07, 6.45) is 9.60. The van der Waals surface area contributed by atoms with Gasteiger partial charge < -0.3 is 15.2 Å². The van der Waals surface area contributed by atoms with Crippen molar-refractivity contribution in [1.29, 1.82) is 0 Å². The van der Waals surface area contributed by atoms with Gasteiger partial charge >= 0.3 is 11.9 Å². The molecule has 7 nitrogen and oxygen atoms in total. The Morgan fingerprint density at radius 2 is 1.77 bits per heavy atom. The van der Waals surface area contributed by atoms with Crippen molar-refractivity contribution < 1.29 is 29.0 Å². The second kappa shape index (κ2) is 11.5. The number of amides is 1. The highest BCUT2D eigenvalue weighted by Gasteiger charge is 2.59. The molecule has 7 heteroatoms. The Morgan fingerprint density at radius 1 is 1.00 bits per heavy atom. The summed E-state index contributed by atoms with van der Waals surface area (Å²) >= 11 is 0. The zero-order valence-electron chi connectivity index (χ0n) is 23.8. The first-order valence-corrected chi connectivity index (χ1v) is 15.1. The van der Waals surface area contributed by atoms with E-state index in [0.717, 1.165) is 50.5 Å². The van der Waals surface area contributed by atoms with Crippen molar-refractivity contribution >= 4 is 23.6 Å². The van der Waals surface area contributed by atoms with Crippen molar-refractivity contribution in [1.82, 2.24) is 5.32 Å². The average Bonchev–Trinajstić information content (AvgIpc) is 3.26. The van der Waals surface area contributed by atoms with Crippen LogP contribution >= 0.6 is 0 Å². The number of nitrogens with one attached hydrogen (secondary N) is 1. The summed E-state index contributed by atoms with van der Waals surface area (Å²) in [6, 6.07) is 9.29. The van der Waals surface area contributed by atoms with Crippen molar-refractivity contribution in [3.05, 3.63) is 47.5 Å². The van der Waals surface area contributed by atoms with Crippen LogP contribution in [0.25, 0.3) is 0 Å². The minimum Gasteiger partial charge on any atom is -0.481 e. The number of rotatable bonds is 9. The summed E-state index contributed by atoms with van der Waals surface area (Å²) in [5, 5.41) is 12.1. The first-order valence-electron chi connectivity index (χ1n) is 15.1. The van der Waals surface area contributed by atoms with E-state index in [0.29, 0.717) is 24.2 Å². The maximum atomic E-state index is 12.9. The van der Waals surface area contributed by atoms with Crippen molar-refractivity contribution in [3.8, 4) is 0 Å². The number of hydrogen-bond acceptors (Lipinski definition) is 5. The Kier molecular flexibility index (Phi) is 8.21. The van der Waals surface area contributed by atoms with Gasteiger partial charge in [-0.15, -0.1) is 0 Å². The van der Waals surface area contributed by atoms with Gasteiger partial charge in [-0.3, -0.25) is 19.2 Å². The first-order chi connectivity index (χ1) is 19.1. The van der Waals surface area contributed by atoms with Crippen LogP contribution in [0.1, 0.15) is 96.0 Å². The predicted molar refractivity (Wildman–Crippen MR) is 150 cm³/mol. The third kappa shape index (κ3) is 5.61. The van der Waals surface area contributed by atoms with E-state index in [-0.39, 0.29) is 66.3 Å². The van der Waals surface area contributed by atoms with Crippen LogP contribution in [-0.2, 0) is 23.9 Å². The van der Waals surface area contributed by atoms with Gasteiger partial charge in [-0.1, -0.05) is 49.8 Å². The molecule has 1 amide bonds. The van der Waals surface area contributed by atoms with E-state index in [2.05, 4.69) is 19.2 Å². The fourth-order valence-electron chi connectivity index (χ4n) is 8.71. The minimum atomic E-state index is -0.919. The van der Waals surface area contributed by atoms with Gasteiger partial charge in [0.25, 0.3) is 0 Å². The Labute approximate surface area is 237 Å². The number of ether oxygens (including phenoxy) is 1. The second-order valence-corrected chi connectivity index (χ2v) is 13.1. The molecule has 216 valence electrons. The number of esters is 1. The highest BCUT2D eigenvalue weighted by atomic mass is 16.5. The summed E-state index contributed by atoms with van der Waals surface area (Å²) in [5.74, 6) is 0.145. The number of carboxylic acid groups (broad SMARTS) is 1. The SMILES string of the molecule is C[C@]12CCC3C(CCC4=CC(=O)CC[C@@]43C)C1CCC2OC(=O)CCC(=O)NCC(CC(=O)O)c1ccccc1. The van der Waals surface area contributed by atoms with Crippen molar-refractivity contribution in [2.24, 2.45) is 28.6 Å². The molecule has 5 rings (SSSR count). The largest absolute Gasteiger partial charge is 0.481 e. The molecule has 4 aliphatic rings. The summed E-state index contributed by atoms with van der Waals surface area (Å²) in [5.41, 5.74) is 2.32. The molecular formula is C33H43NO6. The molecule has 1 aromatic carbocycles. The molecule has 0 heterocycles. The number of ketones is 1. The van der Waals surface area contributed by atoms with Crippen molar-refractivity contribution in [2.75, 3.05) is 6.54 Å². The lowest BCUT2D eigenvalue weighted by Crippen LogP contribution is -2.51. The average molecular weight is 550 g/mol. The summed E-state index contributed by atoms with van der Waals surface area (Å²) in [6.45, 7) is 4.89. The van der Waals surface area contributed by atoms with E-state index >= 15 is 0 Å². The fraction of sp³-hybridized carbons (Fsp3) is 0.636. The van der Waals surface area contributed by atoms with Crippen LogP contribution in [-0.4, -0.2) is 41.4 Å². The molecule has 0 saturated heterocycles. The van der Waals surface area contributed by atoms with Gasteiger partial charge in [0.15, 0.2) is 5.78 Å². The molecule has 5 unspecified atom stereocenters. The van der Waals surface area contributed by atoms with Gasteiger partial charge in [0.1, 0.15) is 6.10 Å². The van der Waals surface area contributed by atoms with Crippen LogP contribution in [0.5, 0.6) is 0 Å². The van der Waals surface area contributed by atoms with E-state index in [9.17, 15) is 24.3 Å². The number of hydrogen-bond donors (Lipinski definition) is 2. The number of benzene rings is 1. The monoisotopic (exact) mass is 549 g/mol. The molecule has 3 fully saturated rings. The summed E-state index contributed by atoms with van der Waals surface area (Å²) < 4.78 is 6.05. The molecule has 1 aromatic rings. The number of allylic oxidation sites excluding steroid dienone is 1. The highest BCUT2D eigenvalue weighted by Crippen LogP contribution is 2.65. The molecule has 0 aliphatic heterocycles. The lowest BCUT2D eigenvalue weighted by Gasteiger charge is -2.57. The van der Waals surface area contributed by atoms with E-state index in [1.54, 1.807) is 0 Å². The highest BCUT2D eigenvalue weighted by molar-refractivity contribution is 5.91. The normalized spacial score (nSPS) is 33.5. The van der Waals surface area contributed by atoms with E-state index in [1.807, 2.05) is 36.4 Å². The second-order valence-electron chi connectivity index (χ2n) is 13.1. The number of carboxylic acids is 1. The van der Waals surface area contributed by atoms with E-state index in [1.165, 1.54) is 5.57 Å². The van der Waals surface area contributed by atoms with Crippen molar-refractivity contribution in [2.45, 2.75) is 96.5 Å². The van der Waals surface area contributed by atoms with Gasteiger partial charge in [0.05, 0.1) is 12.8 Å². The summed E-state index contributed by atoms with van der Waals surface area (Å²) in [4.78, 5) is 48.8. The van der Waals surface area contributed by atoms with Gasteiger partial charge in [0.2, 0.25) is 5.91 Å². The van der Waals surface area contributed by atoms with Gasteiger partial charge in [-0.05, 0) is 79.8 Å². The van der Waals surface area contributed by atoms with Crippen molar-refractivity contribution in [3.63, 3.8) is 0 Å². The van der Waals surface area contributed by atoms with Gasteiger partial charge in [-0.25, -0.2) is 0 Å². The van der Waals surface area contributed by atoms with E-state index < -0.39 is 5.97 Å². The molecule has 0 bridgehead atoms. The van der Waals surface area contributed by atoms with E-state index in [4.69, 9.17) is 4.74 Å². The molecule has 3 saturated carbocycles. The quantitative estimate of drug-likeness (QED) is 0.389. The van der Waals surface area contributed by atoms with Gasteiger partial charge in [-0.2, -0.15) is 0 Å². The Bertz CT molecular complexity index is 1180. The molecule has 2 N–H and O–H groups in total. The molecular weight excluding hydrogens is 506 g/mol. The van der Waals surface area contributed by atoms with Crippen LogP contribution in [0.15, 0.2) is 42.0 Å². The number of fused-ring (bicyclic) bond motifs is 5. The molecule has 4 aliphatic carbocycles. The van der Waals surface area contributed by atoms with Crippen LogP contribution in [0.4, 0.5) is 0 Å². The maximum Gasteiger partial charge on any atom is 0.306 e. The zero-order valence-corrected chi connectivity index (χ0v) is 23.8. The zero-order chi connectivity index (χ0) is 28.5. The third-order valence-corrected chi connectivity index (χ3v) is 10.9. The molecule has 0 aromatic heterocycles. The third-order valence-electron chi connectivity index (χ3n) is 10.9. The Balaban J connectivity index is 1.13. The Morgan fingerprint density at radius 3 is 2.52 bits per heavy atom. The molecule has 7 atom stereocenters.